The number of carbonyl (C=O) groups is 1. The van der Waals surface area contributed by atoms with Crippen LogP contribution in [0.2, 0.25) is 0 Å². The van der Waals surface area contributed by atoms with Crippen LogP contribution in [0.1, 0.15) is 41.7 Å². The number of methoxy groups -OCH3 is 2. The molecule has 0 atom stereocenters. The van der Waals surface area contributed by atoms with Gasteiger partial charge in [0.05, 0.1) is 27.2 Å². The molecule has 7 heteroatoms. The summed E-state index contributed by atoms with van der Waals surface area (Å²) in [6.07, 6.45) is 2.92. The van der Waals surface area contributed by atoms with E-state index >= 15 is 0 Å². The lowest BCUT2D eigenvalue weighted by Gasteiger charge is -2.25. The maximum Gasteiger partial charge on any atom is 0.227 e. The Morgan fingerprint density at radius 1 is 1.21 bits per heavy atom. The molecule has 1 aromatic heterocycles. The topological polar surface area (TPSA) is 74.0 Å². The van der Waals surface area contributed by atoms with E-state index < -0.39 is 0 Å². The first-order valence-electron chi connectivity index (χ1n) is 9.73. The molecule has 0 spiro atoms. The van der Waals surface area contributed by atoms with E-state index in [-0.39, 0.29) is 5.91 Å². The van der Waals surface area contributed by atoms with Crippen LogP contribution < -0.4 is 9.47 Å². The Hall–Kier alpha value is -2.54. The van der Waals surface area contributed by atoms with Crippen molar-refractivity contribution in [3.8, 4) is 11.5 Å². The first-order valence-corrected chi connectivity index (χ1v) is 9.73. The van der Waals surface area contributed by atoms with Gasteiger partial charge in [0.2, 0.25) is 5.91 Å². The molecule has 4 rings (SSSR count). The molecule has 1 aromatic carbocycles. The molecule has 0 unspecified atom stereocenters. The average molecular weight is 386 g/mol. The van der Waals surface area contributed by atoms with Crippen molar-refractivity contribution in [2.75, 3.05) is 34.0 Å². The lowest BCUT2D eigenvalue weighted by molar-refractivity contribution is -0.131. The molecule has 0 radical (unpaired) electrons. The highest BCUT2D eigenvalue weighted by Gasteiger charge is 2.28. The Bertz CT molecular complexity index is 841. The van der Waals surface area contributed by atoms with Crippen LogP contribution in [0.5, 0.6) is 11.5 Å². The number of aromatic nitrogens is 1. The fourth-order valence-corrected chi connectivity index (χ4v) is 3.83. The molecule has 1 amide bonds. The van der Waals surface area contributed by atoms with E-state index in [2.05, 4.69) is 0 Å². The van der Waals surface area contributed by atoms with Crippen molar-refractivity contribution >= 4 is 5.91 Å². The van der Waals surface area contributed by atoms with Crippen molar-refractivity contribution < 1.29 is 23.4 Å². The molecule has 0 N–H and O–H groups in total. The SMILES string of the molecule is COc1ccc(CC(=O)N2CCc3oc(C4CCOCC4)nc3C2)cc1OC. The van der Waals surface area contributed by atoms with E-state index in [0.717, 1.165) is 49.0 Å². The van der Waals surface area contributed by atoms with Gasteiger partial charge in [0.15, 0.2) is 17.4 Å². The Balaban J connectivity index is 1.42. The van der Waals surface area contributed by atoms with Crippen molar-refractivity contribution in [2.24, 2.45) is 0 Å². The fourth-order valence-electron chi connectivity index (χ4n) is 3.83. The largest absolute Gasteiger partial charge is 0.493 e. The predicted octanol–water partition coefficient (Wildman–Crippen LogP) is 2.71. The first kappa shape index (κ1) is 18.8. The number of amides is 1. The van der Waals surface area contributed by atoms with Gasteiger partial charge in [-0.05, 0) is 30.5 Å². The van der Waals surface area contributed by atoms with Crippen molar-refractivity contribution in [2.45, 2.75) is 38.1 Å². The number of benzene rings is 1. The van der Waals surface area contributed by atoms with Gasteiger partial charge in [-0.15, -0.1) is 0 Å². The summed E-state index contributed by atoms with van der Waals surface area (Å²) in [6, 6.07) is 5.58. The first-order chi connectivity index (χ1) is 13.7. The Labute approximate surface area is 164 Å². The van der Waals surface area contributed by atoms with Crippen LogP contribution in [0.3, 0.4) is 0 Å². The van der Waals surface area contributed by atoms with Gasteiger partial charge in [-0.1, -0.05) is 6.07 Å². The molecule has 7 nitrogen and oxygen atoms in total. The molecule has 1 fully saturated rings. The average Bonchev–Trinajstić information content (AvgIpc) is 3.17. The summed E-state index contributed by atoms with van der Waals surface area (Å²) in [4.78, 5) is 19.4. The second-order valence-electron chi connectivity index (χ2n) is 7.24. The molecule has 2 aliphatic heterocycles. The van der Waals surface area contributed by atoms with E-state index in [1.807, 2.05) is 23.1 Å². The van der Waals surface area contributed by atoms with Gasteiger partial charge in [-0.3, -0.25) is 4.79 Å². The zero-order chi connectivity index (χ0) is 19.5. The number of oxazole rings is 1. The maximum absolute atomic E-state index is 12.8. The summed E-state index contributed by atoms with van der Waals surface area (Å²) in [7, 11) is 3.19. The summed E-state index contributed by atoms with van der Waals surface area (Å²) in [6.45, 7) is 2.68. The monoisotopic (exact) mass is 386 g/mol. The minimum atomic E-state index is 0.0773. The van der Waals surface area contributed by atoms with E-state index in [0.29, 0.717) is 43.3 Å². The molecule has 0 saturated carbocycles. The molecule has 1 saturated heterocycles. The lowest BCUT2D eigenvalue weighted by atomic mass is 10.0. The summed E-state index contributed by atoms with van der Waals surface area (Å²) in [5.74, 6) is 3.43. The minimum absolute atomic E-state index is 0.0773. The van der Waals surface area contributed by atoms with Crippen LogP contribution >= 0.6 is 0 Å². The van der Waals surface area contributed by atoms with Crippen LogP contribution in [0.15, 0.2) is 22.6 Å². The van der Waals surface area contributed by atoms with E-state index in [1.54, 1.807) is 14.2 Å². The molecule has 0 bridgehead atoms. The highest BCUT2D eigenvalue weighted by molar-refractivity contribution is 5.79. The Kier molecular flexibility index (Phi) is 5.52. The summed E-state index contributed by atoms with van der Waals surface area (Å²) >= 11 is 0. The van der Waals surface area contributed by atoms with Gasteiger partial charge in [-0.2, -0.15) is 0 Å². The van der Waals surface area contributed by atoms with Gasteiger partial charge in [-0.25, -0.2) is 4.98 Å². The van der Waals surface area contributed by atoms with Gasteiger partial charge in [0.1, 0.15) is 11.5 Å². The highest BCUT2D eigenvalue weighted by Crippen LogP contribution is 2.31. The van der Waals surface area contributed by atoms with Crippen molar-refractivity contribution in [3.05, 3.63) is 41.1 Å². The molecule has 3 heterocycles. The quantitative estimate of drug-likeness (QED) is 0.787. The highest BCUT2D eigenvalue weighted by atomic mass is 16.5. The number of carbonyl (C=O) groups excluding carboxylic acids is 1. The van der Waals surface area contributed by atoms with Crippen LogP contribution in [0.25, 0.3) is 0 Å². The van der Waals surface area contributed by atoms with Gasteiger partial charge in [0.25, 0.3) is 0 Å². The third-order valence-electron chi connectivity index (χ3n) is 5.47. The Morgan fingerprint density at radius 2 is 2.00 bits per heavy atom. The summed E-state index contributed by atoms with van der Waals surface area (Å²) in [5, 5.41) is 0. The molecular weight excluding hydrogens is 360 g/mol. The van der Waals surface area contributed by atoms with Crippen molar-refractivity contribution in [1.29, 1.82) is 0 Å². The Morgan fingerprint density at radius 3 is 2.75 bits per heavy atom. The number of fused-ring (bicyclic) bond motifs is 1. The zero-order valence-corrected chi connectivity index (χ0v) is 16.4. The second kappa shape index (κ2) is 8.22. The normalized spacial score (nSPS) is 17.3. The van der Waals surface area contributed by atoms with Crippen LogP contribution in [0, 0.1) is 0 Å². The summed E-state index contributed by atoms with van der Waals surface area (Å²) in [5.41, 5.74) is 1.80. The number of ether oxygens (including phenoxy) is 3. The van der Waals surface area contributed by atoms with Gasteiger partial charge >= 0.3 is 0 Å². The summed E-state index contributed by atoms with van der Waals surface area (Å²) < 4.78 is 22.0. The van der Waals surface area contributed by atoms with E-state index in [9.17, 15) is 4.79 Å². The molecular formula is C21H26N2O5. The number of rotatable bonds is 5. The number of hydrogen-bond donors (Lipinski definition) is 0. The molecule has 2 aliphatic rings. The molecule has 150 valence electrons. The predicted molar refractivity (Wildman–Crippen MR) is 102 cm³/mol. The second-order valence-corrected chi connectivity index (χ2v) is 7.24. The zero-order valence-electron chi connectivity index (χ0n) is 16.4. The number of hydrogen-bond acceptors (Lipinski definition) is 6. The van der Waals surface area contributed by atoms with Crippen LogP contribution in [-0.4, -0.2) is 49.8 Å². The third-order valence-corrected chi connectivity index (χ3v) is 5.47. The van der Waals surface area contributed by atoms with Crippen molar-refractivity contribution in [3.63, 3.8) is 0 Å². The van der Waals surface area contributed by atoms with Crippen molar-refractivity contribution in [1.82, 2.24) is 9.88 Å². The smallest absolute Gasteiger partial charge is 0.227 e. The fraction of sp³-hybridized carbons (Fsp3) is 0.524. The van der Waals surface area contributed by atoms with Crippen LogP contribution in [0.4, 0.5) is 0 Å². The third kappa shape index (κ3) is 3.85. The number of nitrogens with zero attached hydrogens (tertiary/aromatic N) is 2. The maximum atomic E-state index is 12.8. The van der Waals surface area contributed by atoms with Crippen LogP contribution in [-0.2, 0) is 28.9 Å². The van der Waals surface area contributed by atoms with Gasteiger partial charge < -0.3 is 23.5 Å². The standard InChI is InChI=1S/C21H26N2O5/c1-25-18-4-3-14(11-19(18)26-2)12-20(24)23-8-5-17-16(13-23)22-21(28-17)15-6-9-27-10-7-15/h3-4,11,15H,5-10,12-13H2,1-2H3. The lowest BCUT2D eigenvalue weighted by Crippen LogP contribution is -2.36. The minimum Gasteiger partial charge on any atom is -0.493 e. The molecule has 0 aliphatic carbocycles. The van der Waals surface area contributed by atoms with E-state index in [4.69, 9.17) is 23.6 Å². The molecule has 28 heavy (non-hydrogen) atoms. The molecule has 2 aromatic rings. The van der Waals surface area contributed by atoms with E-state index in [1.165, 1.54) is 0 Å². The van der Waals surface area contributed by atoms with Gasteiger partial charge in [0, 0.05) is 32.1 Å².